The van der Waals surface area contributed by atoms with Crippen LogP contribution in [0.1, 0.15) is 17.1 Å². The van der Waals surface area contributed by atoms with Crippen LogP contribution in [0.4, 0.5) is 10.1 Å². The second-order valence-corrected chi connectivity index (χ2v) is 7.03. The Kier molecular flexibility index (Phi) is 4.40. The summed E-state index contributed by atoms with van der Waals surface area (Å²) in [5, 5.41) is 0. The van der Waals surface area contributed by atoms with Gasteiger partial charge in [-0.05, 0) is 47.5 Å². The van der Waals surface area contributed by atoms with E-state index in [1.165, 1.54) is 19.1 Å². The van der Waals surface area contributed by atoms with Crippen LogP contribution in [-0.4, -0.2) is 8.42 Å². The largest absolute Gasteiger partial charge is 0.464 e. The van der Waals surface area contributed by atoms with Gasteiger partial charge in [-0.2, -0.15) is 0 Å². The van der Waals surface area contributed by atoms with E-state index in [1.807, 2.05) is 0 Å². The van der Waals surface area contributed by atoms with Crippen LogP contribution < -0.4 is 10.5 Å². The van der Waals surface area contributed by atoms with Gasteiger partial charge in [-0.3, -0.25) is 4.72 Å². The summed E-state index contributed by atoms with van der Waals surface area (Å²) in [6.07, 6.45) is 0. The molecule has 0 amide bonds. The molecule has 2 rings (SSSR count). The maximum atomic E-state index is 13.6. The molecule has 0 saturated heterocycles. The molecule has 0 aliphatic heterocycles. The molecule has 21 heavy (non-hydrogen) atoms. The minimum atomic E-state index is -3.87. The number of anilines is 1. The van der Waals surface area contributed by atoms with Crippen LogP contribution in [0.25, 0.3) is 0 Å². The molecule has 1 heterocycles. The first-order chi connectivity index (χ1) is 9.74. The summed E-state index contributed by atoms with van der Waals surface area (Å²) < 4.78 is 46.1. The molecule has 0 saturated carbocycles. The topological polar surface area (TPSA) is 85.3 Å². The van der Waals surface area contributed by atoms with E-state index in [1.54, 1.807) is 6.92 Å². The third kappa shape index (κ3) is 3.28. The summed E-state index contributed by atoms with van der Waals surface area (Å²) >= 11 is 3.05. The van der Waals surface area contributed by atoms with Gasteiger partial charge in [0.2, 0.25) is 0 Å². The van der Waals surface area contributed by atoms with Crippen molar-refractivity contribution < 1.29 is 17.2 Å². The van der Waals surface area contributed by atoms with Gasteiger partial charge < -0.3 is 10.2 Å². The Bertz CT molecular complexity index is 787. The zero-order valence-corrected chi connectivity index (χ0v) is 13.8. The van der Waals surface area contributed by atoms with E-state index in [0.717, 1.165) is 6.07 Å². The molecule has 2 aromatic rings. The fraction of sp³-hybridized carbons (Fsp3) is 0.231. The molecule has 3 N–H and O–H groups in total. The second-order valence-electron chi connectivity index (χ2n) is 4.52. The quantitative estimate of drug-likeness (QED) is 0.858. The van der Waals surface area contributed by atoms with Crippen molar-refractivity contribution in [2.24, 2.45) is 5.73 Å². The molecule has 0 fully saturated rings. The number of nitrogens with two attached hydrogens (primary N) is 1. The lowest BCUT2D eigenvalue weighted by molar-refractivity contribution is 0.479. The molecule has 0 bridgehead atoms. The van der Waals surface area contributed by atoms with E-state index in [9.17, 15) is 12.8 Å². The smallest absolute Gasteiger partial charge is 0.265 e. The molecule has 0 aliphatic carbocycles. The summed E-state index contributed by atoms with van der Waals surface area (Å²) in [5.74, 6) is 0.0506. The Morgan fingerprint density at radius 3 is 2.57 bits per heavy atom. The minimum Gasteiger partial charge on any atom is -0.464 e. The van der Waals surface area contributed by atoms with Crippen LogP contribution in [0.3, 0.4) is 0 Å². The van der Waals surface area contributed by atoms with E-state index in [0.29, 0.717) is 11.3 Å². The predicted molar refractivity (Wildman–Crippen MR) is 81.0 cm³/mol. The standard InChI is InChI=1S/C13H14BrFN2O3S/c1-7-3-10(14)11(15)5-12(7)17-21(18,19)13-4-9(6-16)20-8(13)2/h3-5,17H,6,16H2,1-2H3. The Hall–Kier alpha value is -1.38. The molecular formula is C13H14BrFN2O3S. The Morgan fingerprint density at radius 1 is 1.33 bits per heavy atom. The van der Waals surface area contributed by atoms with Crippen molar-refractivity contribution in [2.45, 2.75) is 25.3 Å². The van der Waals surface area contributed by atoms with E-state index in [2.05, 4.69) is 20.7 Å². The first kappa shape index (κ1) is 16.0. The van der Waals surface area contributed by atoms with Gasteiger partial charge in [0.1, 0.15) is 22.2 Å². The van der Waals surface area contributed by atoms with Crippen molar-refractivity contribution in [1.29, 1.82) is 0 Å². The third-order valence-electron chi connectivity index (χ3n) is 2.93. The van der Waals surface area contributed by atoms with E-state index < -0.39 is 15.8 Å². The molecule has 1 aromatic carbocycles. The molecule has 1 aromatic heterocycles. The Labute approximate surface area is 130 Å². The number of furan rings is 1. The zero-order valence-electron chi connectivity index (χ0n) is 11.4. The average molecular weight is 377 g/mol. The molecule has 0 atom stereocenters. The van der Waals surface area contributed by atoms with E-state index in [4.69, 9.17) is 10.2 Å². The number of rotatable bonds is 4. The molecule has 114 valence electrons. The maximum absolute atomic E-state index is 13.6. The highest BCUT2D eigenvalue weighted by atomic mass is 79.9. The Morgan fingerprint density at radius 2 is 2.00 bits per heavy atom. The van der Waals surface area contributed by atoms with Crippen LogP contribution in [0, 0.1) is 19.7 Å². The molecule has 5 nitrogen and oxygen atoms in total. The normalized spacial score (nSPS) is 11.7. The molecule has 0 radical (unpaired) electrons. The molecular weight excluding hydrogens is 363 g/mol. The summed E-state index contributed by atoms with van der Waals surface area (Å²) in [6.45, 7) is 3.31. The summed E-state index contributed by atoms with van der Waals surface area (Å²) in [5.41, 5.74) is 6.19. The molecule has 0 spiro atoms. The molecule has 8 heteroatoms. The average Bonchev–Trinajstić information content (AvgIpc) is 2.78. The lowest BCUT2D eigenvalue weighted by Gasteiger charge is -2.10. The van der Waals surface area contributed by atoms with Crippen molar-refractivity contribution in [1.82, 2.24) is 0 Å². The number of sulfonamides is 1. The summed E-state index contributed by atoms with van der Waals surface area (Å²) in [4.78, 5) is -0.00863. The van der Waals surface area contributed by atoms with Crippen molar-refractivity contribution in [3.8, 4) is 0 Å². The van der Waals surface area contributed by atoms with Crippen molar-refractivity contribution in [2.75, 3.05) is 4.72 Å². The third-order valence-corrected chi connectivity index (χ3v) is 5.01. The van der Waals surface area contributed by atoms with Gasteiger partial charge in [0.25, 0.3) is 10.0 Å². The SMILES string of the molecule is Cc1cc(Br)c(F)cc1NS(=O)(=O)c1cc(CN)oc1C. The van der Waals surface area contributed by atoms with Crippen molar-refractivity contribution in [3.63, 3.8) is 0 Å². The number of aryl methyl sites for hydroxylation is 2. The minimum absolute atomic E-state index is 0.00863. The number of halogens is 2. The highest BCUT2D eigenvalue weighted by molar-refractivity contribution is 9.10. The maximum Gasteiger partial charge on any atom is 0.265 e. The summed E-state index contributed by atoms with van der Waals surface area (Å²) in [6, 6.07) is 3.99. The van der Waals surface area contributed by atoms with Crippen molar-refractivity contribution in [3.05, 3.63) is 45.6 Å². The van der Waals surface area contributed by atoms with Crippen molar-refractivity contribution >= 4 is 31.6 Å². The first-order valence-corrected chi connectivity index (χ1v) is 8.30. The fourth-order valence-electron chi connectivity index (χ4n) is 1.85. The number of benzene rings is 1. The van der Waals surface area contributed by atoms with E-state index in [-0.39, 0.29) is 27.4 Å². The highest BCUT2D eigenvalue weighted by Crippen LogP contribution is 2.27. The fourth-order valence-corrected chi connectivity index (χ4v) is 3.63. The first-order valence-electron chi connectivity index (χ1n) is 6.02. The second kappa shape index (κ2) is 5.78. The number of nitrogens with one attached hydrogen (secondary N) is 1. The zero-order chi connectivity index (χ0) is 15.8. The van der Waals surface area contributed by atoms with Gasteiger partial charge >= 0.3 is 0 Å². The van der Waals surface area contributed by atoms with Gasteiger partial charge in [0.15, 0.2) is 0 Å². The van der Waals surface area contributed by atoms with Gasteiger partial charge in [-0.1, -0.05) is 0 Å². The lowest BCUT2D eigenvalue weighted by atomic mass is 10.2. The van der Waals surface area contributed by atoms with Crippen LogP contribution in [0.15, 0.2) is 32.0 Å². The van der Waals surface area contributed by atoms with Gasteiger partial charge in [-0.15, -0.1) is 0 Å². The van der Waals surface area contributed by atoms with Gasteiger partial charge in [0, 0.05) is 6.07 Å². The van der Waals surface area contributed by atoms with Crippen LogP contribution in [0.5, 0.6) is 0 Å². The number of hydrogen-bond donors (Lipinski definition) is 2. The molecule has 0 unspecified atom stereocenters. The van der Waals surface area contributed by atoms with Gasteiger partial charge in [-0.25, -0.2) is 12.8 Å². The monoisotopic (exact) mass is 376 g/mol. The van der Waals surface area contributed by atoms with Crippen LogP contribution in [-0.2, 0) is 16.6 Å². The van der Waals surface area contributed by atoms with Crippen LogP contribution in [0.2, 0.25) is 0 Å². The number of hydrogen-bond acceptors (Lipinski definition) is 4. The van der Waals surface area contributed by atoms with E-state index >= 15 is 0 Å². The van der Waals surface area contributed by atoms with Gasteiger partial charge in [0.05, 0.1) is 16.7 Å². The summed E-state index contributed by atoms with van der Waals surface area (Å²) in [7, 11) is -3.87. The highest BCUT2D eigenvalue weighted by Gasteiger charge is 2.22. The lowest BCUT2D eigenvalue weighted by Crippen LogP contribution is -2.14. The Balaban J connectivity index is 2.42. The predicted octanol–water partition coefficient (Wildman–Crippen LogP) is 3.06. The van der Waals surface area contributed by atoms with Crippen LogP contribution >= 0.6 is 15.9 Å². The molecule has 0 aliphatic rings.